The number of ether oxygens (including phenoxy) is 1. The van der Waals surface area contributed by atoms with Crippen molar-refractivity contribution in [2.45, 2.75) is 168 Å². The molecule has 0 radical (unpaired) electrons. The number of carbonyl (C=O) groups is 2. The Morgan fingerprint density at radius 1 is 0.478 bits per heavy atom. The fraction of sp³-hybridized carbons (Fsp3) is 0.619. The highest BCUT2D eigenvalue weighted by molar-refractivity contribution is 5.69. The molecule has 0 aliphatic rings. The van der Waals surface area contributed by atoms with Gasteiger partial charge in [-0.2, -0.15) is 0 Å². The zero-order valence-corrected chi connectivity index (χ0v) is 29.6. The van der Waals surface area contributed by atoms with Crippen LogP contribution in [0.2, 0.25) is 0 Å². The Labute approximate surface area is 283 Å². The molecule has 1 unspecified atom stereocenters. The van der Waals surface area contributed by atoms with Crippen LogP contribution in [0.5, 0.6) is 0 Å². The summed E-state index contributed by atoms with van der Waals surface area (Å²) >= 11 is 0. The van der Waals surface area contributed by atoms with Crippen LogP contribution in [0.4, 0.5) is 0 Å². The molecule has 0 spiro atoms. The van der Waals surface area contributed by atoms with Crippen LogP contribution in [-0.2, 0) is 14.3 Å². The number of hydrogen-bond acceptors (Lipinski definition) is 3. The molecular weight excluding hydrogens is 568 g/mol. The predicted octanol–water partition coefficient (Wildman–Crippen LogP) is 12.9. The van der Waals surface area contributed by atoms with Gasteiger partial charge in [-0.15, -0.1) is 0 Å². The summed E-state index contributed by atoms with van der Waals surface area (Å²) in [4.78, 5) is 23.3. The van der Waals surface area contributed by atoms with Crippen LogP contribution in [-0.4, -0.2) is 23.1 Å². The normalized spacial score (nSPS) is 13.3. The van der Waals surface area contributed by atoms with Crippen molar-refractivity contribution >= 4 is 11.9 Å². The van der Waals surface area contributed by atoms with E-state index < -0.39 is 5.97 Å². The molecule has 0 aromatic heterocycles. The first-order chi connectivity index (χ1) is 22.6. The van der Waals surface area contributed by atoms with E-state index in [0.717, 1.165) is 116 Å². The van der Waals surface area contributed by atoms with E-state index in [4.69, 9.17) is 9.84 Å². The van der Waals surface area contributed by atoms with E-state index in [1.807, 2.05) is 0 Å². The summed E-state index contributed by atoms with van der Waals surface area (Å²) in [6.07, 6.45) is 53.1. The largest absolute Gasteiger partial charge is 0.481 e. The van der Waals surface area contributed by atoms with E-state index in [1.165, 1.54) is 19.3 Å². The first kappa shape index (κ1) is 43.1. The van der Waals surface area contributed by atoms with Gasteiger partial charge in [-0.25, -0.2) is 0 Å². The van der Waals surface area contributed by atoms with Gasteiger partial charge in [-0.3, -0.25) is 9.59 Å². The fourth-order valence-corrected chi connectivity index (χ4v) is 4.95. The summed E-state index contributed by atoms with van der Waals surface area (Å²) in [6.45, 7) is 4.31. The van der Waals surface area contributed by atoms with Crippen LogP contribution < -0.4 is 0 Å². The zero-order chi connectivity index (χ0) is 33.6. The van der Waals surface area contributed by atoms with Crippen molar-refractivity contribution in [1.82, 2.24) is 0 Å². The summed E-state index contributed by atoms with van der Waals surface area (Å²) in [5.74, 6) is -0.775. The number of carboxylic acids is 1. The highest BCUT2D eigenvalue weighted by atomic mass is 16.5. The number of hydrogen-bond donors (Lipinski definition) is 1. The third kappa shape index (κ3) is 35.6. The van der Waals surface area contributed by atoms with E-state index in [2.05, 4.69) is 98.9 Å². The van der Waals surface area contributed by atoms with Crippen molar-refractivity contribution in [1.29, 1.82) is 0 Å². The highest BCUT2D eigenvalue weighted by Crippen LogP contribution is 2.17. The molecule has 0 saturated heterocycles. The van der Waals surface area contributed by atoms with Gasteiger partial charge in [0, 0.05) is 12.8 Å². The summed E-state index contributed by atoms with van der Waals surface area (Å²) in [5, 5.41) is 8.81. The highest BCUT2D eigenvalue weighted by Gasteiger charge is 2.13. The Balaban J connectivity index is 4.25. The Kier molecular flexibility index (Phi) is 34.3. The number of carbonyl (C=O) groups excluding carboxylic acids is 1. The zero-order valence-electron chi connectivity index (χ0n) is 29.6. The Morgan fingerprint density at radius 3 is 1.41 bits per heavy atom. The summed E-state index contributed by atoms with van der Waals surface area (Å²) in [5.41, 5.74) is 0. The van der Waals surface area contributed by atoms with E-state index in [1.54, 1.807) is 0 Å². The molecule has 4 heteroatoms. The van der Waals surface area contributed by atoms with Crippen molar-refractivity contribution in [3.05, 3.63) is 85.1 Å². The second-order valence-corrected chi connectivity index (χ2v) is 12.0. The van der Waals surface area contributed by atoms with E-state index in [0.29, 0.717) is 6.42 Å². The van der Waals surface area contributed by atoms with Gasteiger partial charge in [0.05, 0.1) is 0 Å². The van der Waals surface area contributed by atoms with Gasteiger partial charge in [0.25, 0.3) is 0 Å². The lowest BCUT2D eigenvalue weighted by molar-refractivity contribution is -0.150. The number of carboxylic acid groups (broad SMARTS) is 1. The fourth-order valence-electron chi connectivity index (χ4n) is 4.95. The monoisotopic (exact) mass is 637 g/mol. The van der Waals surface area contributed by atoms with Gasteiger partial charge in [0.15, 0.2) is 0 Å². The van der Waals surface area contributed by atoms with Crippen LogP contribution in [0.15, 0.2) is 85.1 Å². The average Bonchev–Trinajstić information content (AvgIpc) is 3.04. The van der Waals surface area contributed by atoms with Gasteiger partial charge in [-0.1, -0.05) is 137 Å². The maximum atomic E-state index is 12.6. The average molecular weight is 637 g/mol. The molecule has 0 heterocycles. The number of rotatable bonds is 32. The van der Waals surface area contributed by atoms with Crippen molar-refractivity contribution in [2.75, 3.05) is 0 Å². The molecule has 260 valence electrons. The molecule has 0 rings (SSSR count). The van der Waals surface area contributed by atoms with Gasteiger partial charge in [0.2, 0.25) is 0 Å². The lowest BCUT2D eigenvalue weighted by atomic mass is 10.0. The second kappa shape index (κ2) is 36.6. The molecule has 1 atom stereocenters. The Morgan fingerprint density at radius 2 is 0.891 bits per heavy atom. The minimum absolute atomic E-state index is 0.0342. The molecule has 0 fully saturated rings. The van der Waals surface area contributed by atoms with E-state index >= 15 is 0 Å². The molecule has 0 amide bonds. The van der Waals surface area contributed by atoms with Crippen molar-refractivity contribution < 1.29 is 19.4 Å². The first-order valence-electron chi connectivity index (χ1n) is 18.6. The molecule has 0 aromatic carbocycles. The molecule has 46 heavy (non-hydrogen) atoms. The van der Waals surface area contributed by atoms with Crippen LogP contribution >= 0.6 is 0 Å². The van der Waals surface area contributed by atoms with Crippen LogP contribution in [0, 0.1) is 0 Å². The minimum atomic E-state index is -0.717. The Bertz CT molecular complexity index is 903. The Hall–Kier alpha value is -2.88. The molecule has 0 aliphatic carbocycles. The quantitative estimate of drug-likeness (QED) is 0.0453. The topological polar surface area (TPSA) is 63.6 Å². The van der Waals surface area contributed by atoms with Gasteiger partial charge in [-0.05, 0) is 96.3 Å². The molecule has 4 nitrogen and oxygen atoms in total. The summed E-state index contributed by atoms with van der Waals surface area (Å²) < 4.78 is 5.94. The number of unbranched alkanes of at least 4 members (excludes halogenated alkanes) is 9. The first-order valence-corrected chi connectivity index (χ1v) is 18.6. The smallest absolute Gasteiger partial charge is 0.306 e. The van der Waals surface area contributed by atoms with Gasteiger partial charge >= 0.3 is 11.9 Å². The number of allylic oxidation sites excluding steroid dienone is 14. The summed E-state index contributed by atoms with van der Waals surface area (Å²) in [7, 11) is 0. The number of aliphatic carboxylic acids is 1. The van der Waals surface area contributed by atoms with Crippen molar-refractivity contribution in [3.63, 3.8) is 0 Å². The molecule has 0 saturated carbocycles. The predicted molar refractivity (Wildman–Crippen MR) is 199 cm³/mol. The van der Waals surface area contributed by atoms with Gasteiger partial charge in [0.1, 0.15) is 6.10 Å². The van der Waals surface area contributed by atoms with E-state index in [9.17, 15) is 9.59 Å². The second-order valence-electron chi connectivity index (χ2n) is 12.0. The van der Waals surface area contributed by atoms with Crippen LogP contribution in [0.3, 0.4) is 0 Å². The van der Waals surface area contributed by atoms with Crippen molar-refractivity contribution in [2.24, 2.45) is 0 Å². The van der Waals surface area contributed by atoms with Gasteiger partial charge < -0.3 is 9.84 Å². The maximum Gasteiger partial charge on any atom is 0.306 e. The third-order valence-electron chi connectivity index (χ3n) is 7.62. The minimum Gasteiger partial charge on any atom is -0.481 e. The van der Waals surface area contributed by atoms with Crippen LogP contribution in [0.1, 0.15) is 162 Å². The summed E-state index contributed by atoms with van der Waals surface area (Å²) in [6, 6.07) is 0. The van der Waals surface area contributed by atoms with Crippen molar-refractivity contribution in [3.8, 4) is 0 Å². The lowest BCUT2D eigenvalue weighted by Crippen LogP contribution is -2.18. The third-order valence-corrected chi connectivity index (χ3v) is 7.62. The molecule has 0 aliphatic heterocycles. The van der Waals surface area contributed by atoms with Crippen LogP contribution in [0.25, 0.3) is 0 Å². The maximum absolute atomic E-state index is 12.6. The van der Waals surface area contributed by atoms with E-state index in [-0.39, 0.29) is 18.5 Å². The lowest BCUT2D eigenvalue weighted by Gasteiger charge is -2.17. The molecular formula is C42H68O4. The molecule has 0 aromatic rings. The molecule has 1 N–H and O–H groups in total. The molecule has 0 bridgehead atoms. The number of esters is 1. The standard InChI is InChI=1S/C42H68O4/c1-3-5-7-9-11-13-15-17-18-20-22-24-26-31-35-39-42(45)46-40(37-33-29-27-30-34-38-41(43)44)36-32-28-25-23-21-19-16-14-12-10-8-6-4-2/h5-8,11-14,17-19,21,25,28,40H,3-4,9-10,15-16,20,22-24,26-27,29-39H2,1-2H3,(H,43,44)/b7-5-,8-6-,13-11-,14-12-,18-17-,21-19-,28-25-. The SMILES string of the molecule is CC/C=C\C/C=C\C/C=C\C/C=C\CCC(CCCCCCCC(=O)O)OC(=O)CCCCCCC/C=C\C/C=C\C/C=C\CC.